The van der Waals surface area contributed by atoms with Crippen molar-refractivity contribution in [1.29, 1.82) is 5.26 Å². The second kappa shape index (κ2) is 2.72. The molecular formula is C9H15N3. The van der Waals surface area contributed by atoms with Crippen LogP contribution in [-0.4, -0.2) is 36.6 Å². The number of nitrogens with zero attached hydrogens (tertiary/aromatic N) is 2. The van der Waals surface area contributed by atoms with Crippen molar-refractivity contribution in [3.8, 4) is 6.07 Å². The van der Waals surface area contributed by atoms with E-state index in [4.69, 9.17) is 5.26 Å². The molecule has 0 spiro atoms. The summed E-state index contributed by atoms with van der Waals surface area (Å²) in [7, 11) is 2.13. The molecule has 1 aliphatic carbocycles. The van der Waals surface area contributed by atoms with Gasteiger partial charge in [0, 0.05) is 12.6 Å². The fourth-order valence-electron chi connectivity index (χ4n) is 1.86. The summed E-state index contributed by atoms with van der Waals surface area (Å²) < 4.78 is 0. The Morgan fingerprint density at radius 3 is 2.75 bits per heavy atom. The van der Waals surface area contributed by atoms with Crippen molar-refractivity contribution in [3.05, 3.63) is 0 Å². The maximum atomic E-state index is 8.86. The number of likely N-dealkylation sites (tertiary alicyclic amines) is 1. The molecule has 0 aromatic carbocycles. The fraction of sp³-hybridized carbons (Fsp3) is 0.889. The van der Waals surface area contributed by atoms with Gasteiger partial charge in [0.15, 0.2) is 0 Å². The summed E-state index contributed by atoms with van der Waals surface area (Å²) in [5.41, 5.74) is -0.129. The second-order valence-electron chi connectivity index (χ2n) is 4.09. The van der Waals surface area contributed by atoms with Crippen molar-refractivity contribution in [1.82, 2.24) is 10.2 Å². The van der Waals surface area contributed by atoms with Gasteiger partial charge in [0.05, 0.1) is 6.07 Å². The van der Waals surface area contributed by atoms with Gasteiger partial charge in [0.2, 0.25) is 0 Å². The first-order chi connectivity index (χ1) is 5.74. The molecule has 2 rings (SSSR count). The van der Waals surface area contributed by atoms with Gasteiger partial charge in [-0.15, -0.1) is 0 Å². The van der Waals surface area contributed by atoms with E-state index >= 15 is 0 Å². The lowest BCUT2D eigenvalue weighted by molar-refractivity contribution is 0.389. The summed E-state index contributed by atoms with van der Waals surface area (Å²) in [5, 5.41) is 12.3. The minimum absolute atomic E-state index is 0.129. The van der Waals surface area contributed by atoms with Gasteiger partial charge in [-0.3, -0.25) is 5.32 Å². The fourth-order valence-corrected chi connectivity index (χ4v) is 1.86. The highest BCUT2D eigenvalue weighted by Gasteiger charge is 2.45. The normalized spacial score (nSPS) is 33.2. The van der Waals surface area contributed by atoms with Crippen molar-refractivity contribution >= 4 is 0 Å². The molecule has 12 heavy (non-hydrogen) atoms. The van der Waals surface area contributed by atoms with Crippen LogP contribution in [-0.2, 0) is 0 Å². The van der Waals surface area contributed by atoms with Crippen molar-refractivity contribution < 1.29 is 0 Å². The molecule has 2 fully saturated rings. The van der Waals surface area contributed by atoms with E-state index in [1.807, 2.05) is 0 Å². The Bertz CT molecular complexity index is 214. The number of rotatable bonds is 2. The van der Waals surface area contributed by atoms with Crippen LogP contribution >= 0.6 is 0 Å². The minimum atomic E-state index is -0.129. The molecule has 0 aromatic rings. The second-order valence-corrected chi connectivity index (χ2v) is 4.09. The molecular weight excluding hydrogens is 150 g/mol. The van der Waals surface area contributed by atoms with Crippen LogP contribution in [0.1, 0.15) is 19.3 Å². The van der Waals surface area contributed by atoms with Crippen molar-refractivity contribution in [2.24, 2.45) is 0 Å². The molecule has 1 atom stereocenters. The molecule has 3 heteroatoms. The Hall–Kier alpha value is -0.590. The predicted molar refractivity (Wildman–Crippen MR) is 46.6 cm³/mol. The average Bonchev–Trinajstić information content (AvgIpc) is 2.71. The molecule has 0 amide bonds. The molecule has 3 nitrogen and oxygen atoms in total. The van der Waals surface area contributed by atoms with Gasteiger partial charge in [-0.1, -0.05) is 0 Å². The molecule has 1 N–H and O–H groups in total. The third kappa shape index (κ3) is 1.45. The van der Waals surface area contributed by atoms with E-state index < -0.39 is 0 Å². The van der Waals surface area contributed by atoms with Crippen LogP contribution in [0.5, 0.6) is 0 Å². The highest BCUT2D eigenvalue weighted by Crippen LogP contribution is 2.35. The number of nitrogens with one attached hydrogen (secondary N) is 1. The molecule has 1 heterocycles. The predicted octanol–water partition coefficient (Wildman–Crippen LogP) is 0.336. The smallest absolute Gasteiger partial charge is 0.107 e. The first-order valence-electron chi connectivity index (χ1n) is 4.62. The van der Waals surface area contributed by atoms with Crippen molar-refractivity contribution in [2.75, 3.05) is 20.1 Å². The standard InChI is InChI=1S/C9H15N3/c1-12-5-2-8(6-12)11-9(7-10)3-4-9/h8,11H,2-6H2,1H3/t8-/m1/s1. The van der Waals surface area contributed by atoms with Crippen LogP contribution in [0, 0.1) is 11.3 Å². The van der Waals surface area contributed by atoms with Crippen LogP contribution in [0.3, 0.4) is 0 Å². The van der Waals surface area contributed by atoms with Crippen LogP contribution in [0.15, 0.2) is 0 Å². The number of hydrogen-bond acceptors (Lipinski definition) is 3. The molecule has 0 radical (unpaired) electrons. The lowest BCUT2D eigenvalue weighted by Gasteiger charge is -2.15. The Morgan fingerprint density at radius 1 is 1.58 bits per heavy atom. The highest BCUT2D eigenvalue weighted by atomic mass is 15.2. The zero-order valence-corrected chi connectivity index (χ0v) is 7.51. The van der Waals surface area contributed by atoms with E-state index in [-0.39, 0.29) is 5.54 Å². The summed E-state index contributed by atoms with van der Waals surface area (Å²) in [6, 6.07) is 2.92. The van der Waals surface area contributed by atoms with E-state index in [2.05, 4.69) is 23.3 Å². The third-order valence-corrected chi connectivity index (χ3v) is 2.84. The number of likely N-dealkylation sites (N-methyl/N-ethyl adjacent to an activating group) is 1. The van der Waals surface area contributed by atoms with Gasteiger partial charge in [-0.05, 0) is 32.9 Å². The maximum Gasteiger partial charge on any atom is 0.107 e. The van der Waals surface area contributed by atoms with Gasteiger partial charge in [0.25, 0.3) is 0 Å². The summed E-state index contributed by atoms with van der Waals surface area (Å²) >= 11 is 0. The lowest BCUT2D eigenvalue weighted by atomic mass is 10.2. The Morgan fingerprint density at radius 2 is 2.33 bits per heavy atom. The highest BCUT2D eigenvalue weighted by molar-refractivity contribution is 5.19. The van der Waals surface area contributed by atoms with Crippen LogP contribution in [0.2, 0.25) is 0 Å². The van der Waals surface area contributed by atoms with Gasteiger partial charge in [-0.25, -0.2) is 0 Å². The number of nitriles is 1. The monoisotopic (exact) mass is 165 g/mol. The quantitative estimate of drug-likeness (QED) is 0.641. The van der Waals surface area contributed by atoms with Gasteiger partial charge in [-0.2, -0.15) is 5.26 Å². The van der Waals surface area contributed by atoms with Crippen LogP contribution < -0.4 is 5.32 Å². The number of hydrogen-bond donors (Lipinski definition) is 1. The molecule has 0 aromatic heterocycles. The van der Waals surface area contributed by atoms with E-state index in [0.29, 0.717) is 6.04 Å². The van der Waals surface area contributed by atoms with Crippen LogP contribution in [0.4, 0.5) is 0 Å². The van der Waals surface area contributed by atoms with Gasteiger partial charge < -0.3 is 4.90 Å². The van der Waals surface area contributed by atoms with Crippen molar-refractivity contribution in [3.63, 3.8) is 0 Å². The molecule has 1 saturated carbocycles. The summed E-state index contributed by atoms with van der Waals surface area (Å²) in [5.74, 6) is 0. The molecule has 1 aliphatic heterocycles. The average molecular weight is 165 g/mol. The summed E-state index contributed by atoms with van der Waals surface area (Å²) in [6.45, 7) is 2.27. The first kappa shape index (κ1) is 8.03. The Balaban J connectivity index is 1.85. The molecule has 0 unspecified atom stereocenters. The van der Waals surface area contributed by atoms with Crippen molar-refractivity contribution in [2.45, 2.75) is 30.8 Å². The Kier molecular flexibility index (Phi) is 1.82. The maximum absolute atomic E-state index is 8.86. The zero-order chi connectivity index (χ0) is 8.60. The van der Waals surface area contributed by atoms with Gasteiger partial charge >= 0.3 is 0 Å². The lowest BCUT2D eigenvalue weighted by Crippen LogP contribution is -2.40. The molecule has 66 valence electrons. The molecule has 2 aliphatic rings. The van der Waals surface area contributed by atoms with E-state index in [9.17, 15) is 0 Å². The van der Waals surface area contributed by atoms with E-state index in [1.54, 1.807) is 0 Å². The zero-order valence-electron chi connectivity index (χ0n) is 7.51. The Labute approximate surface area is 73.3 Å². The topological polar surface area (TPSA) is 39.1 Å². The summed E-state index contributed by atoms with van der Waals surface area (Å²) in [6.07, 6.45) is 3.29. The third-order valence-electron chi connectivity index (χ3n) is 2.84. The summed E-state index contributed by atoms with van der Waals surface area (Å²) in [4.78, 5) is 2.31. The SMILES string of the molecule is CN1CC[C@@H](NC2(C#N)CC2)C1. The van der Waals surface area contributed by atoms with Gasteiger partial charge in [0.1, 0.15) is 5.54 Å². The van der Waals surface area contributed by atoms with E-state index in [0.717, 1.165) is 19.4 Å². The largest absolute Gasteiger partial charge is 0.305 e. The molecule has 1 saturated heterocycles. The van der Waals surface area contributed by atoms with Crippen LogP contribution in [0.25, 0.3) is 0 Å². The van der Waals surface area contributed by atoms with E-state index in [1.165, 1.54) is 13.0 Å². The first-order valence-corrected chi connectivity index (χ1v) is 4.62. The molecule has 0 bridgehead atoms. The minimum Gasteiger partial charge on any atom is -0.305 e.